The molecule has 0 saturated carbocycles. The Labute approximate surface area is 175 Å². The van der Waals surface area contributed by atoms with E-state index in [0.29, 0.717) is 17.4 Å². The van der Waals surface area contributed by atoms with E-state index in [9.17, 15) is 4.79 Å². The molecular weight excluding hydrogens is 382 g/mol. The summed E-state index contributed by atoms with van der Waals surface area (Å²) in [4.78, 5) is 16.6. The van der Waals surface area contributed by atoms with Crippen LogP contribution in [0.2, 0.25) is 0 Å². The summed E-state index contributed by atoms with van der Waals surface area (Å²) >= 11 is 5.58. The number of benzene rings is 2. The fraction of sp³-hybridized carbons (Fsp3) is 0.217. The molecule has 6 heteroatoms. The molecule has 0 aliphatic carbocycles. The molecule has 1 aliphatic rings. The van der Waals surface area contributed by atoms with Gasteiger partial charge in [0.2, 0.25) is 0 Å². The number of nitrogens with zero attached hydrogens (tertiary/aromatic N) is 3. The second kappa shape index (κ2) is 7.72. The Hall–Kier alpha value is -3.12. The Balaban J connectivity index is 1.72. The van der Waals surface area contributed by atoms with Gasteiger partial charge in [-0.2, -0.15) is 0 Å². The van der Waals surface area contributed by atoms with E-state index in [1.54, 1.807) is 9.80 Å². The fourth-order valence-corrected chi connectivity index (χ4v) is 3.93. The summed E-state index contributed by atoms with van der Waals surface area (Å²) in [6, 6.07) is 15.6. The van der Waals surface area contributed by atoms with E-state index in [1.807, 2.05) is 56.4 Å². The van der Waals surface area contributed by atoms with Crippen molar-refractivity contribution in [2.75, 3.05) is 18.6 Å². The molecule has 1 aromatic heterocycles. The Morgan fingerprint density at radius 2 is 1.79 bits per heavy atom. The normalized spacial score (nSPS) is 15.8. The maximum absolute atomic E-state index is 13.2. The number of amides is 1. The Kier molecular flexibility index (Phi) is 5.11. The number of aromatic nitrogens is 1. The van der Waals surface area contributed by atoms with Crippen LogP contribution in [0.15, 0.2) is 60.4 Å². The molecule has 4 rings (SSSR count). The molecule has 2 aromatic carbocycles. The summed E-state index contributed by atoms with van der Waals surface area (Å²) in [6.45, 7) is 5.51. The zero-order chi connectivity index (χ0) is 20.5. The van der Waals surface area contributed by atoms with E-state index >= 15 is 0 Å². The molecule has 0 bridgehead atoms. The van der Waals surface area contributed by atoms with Crippen molar-refractivity contribution in [2.24, 2.45) is 0 Å². The molecule has 29 heavy (non-hydrogen) atoms. The highest BCUT2D eigenvalue weighted by Crippen LogP contribution is 2.31. The van der Waals surface area contributed by atoms with Gasteiger partial charge < -0.3 is 14.2 Å². The molecule has 0 radical (unpaired) electrons. The van der Waals surface area contributed by atoms with Gasteiger partial charge in [-0.1, -0.05) is 18.2 Å². The number of anilines is 1. The van der Waals surface area contributed by atoms with Gasteiger partial charge in [-0.15, -0.1) is 0 Å². The Bertz CT molecular complexity index is 1110. The summed E-state index contributed by atoms with van der Waals surface area (Å²) < 4.78 is 7.68. The van der Waals surface area contributed by atoms with Crippen LogP contribution in [0.3, 0.4) is 0 Å². The van der Waals surface area contributed by atoms with E-state index in [0.717, 1.165) is 34.4 Å². The van der Waals surface area contributed by atoms with Crippen LogP contribution in [0, 0.1) is 0 Å². The molecule has 2 heterocycles. The van der Waals surface area contributed by atoms with Crippen molar-refractivity contribution in [3.05, 3.63) is 66.0 Å². The largest absolute Gasteiger partial charge is 0.494 e. The van der Waals surface area contributed by atoms with Crippen LogP contribution in [0.25, 0.3) is 17.0 Å². The molecule has 1 saturated heterocycles. The lowest BCUT2D eigenvalue weighted by Crippen LogP contribution is -2.31. The van der Waals surface area contributed by atoms with Gasteiger partial charge in [0.1, 0.15) is 11.4 Å². The third-order valence-corrected chi connectivity index (χ3v) is 5.58. The van der Waals surface area contributed by atoms with Gasteiger partial charge in [-0.3, -0.25) is 9.69 Å². The molecule has 0 N–H and O–H groups in total. The smallest absolute Gasteiger partial charge is 0.281 e. The maximum Gasteiger partial charge on any atom is 0.281 e. The number of thiocarbonyl (C=S) groups is 1. The highest BCUT2D eigenvalue weighted by molar-refractivity contribution is 7.80. The first-order valence-corrected chi connectivity index (χ1v) is 10.1. The standard InChI is InChI=1S/C23H23N3O2S/c1-4-25-15-16(19-8-6-7-9-20(19)25)14-21-22(27)26(23(29)24(21)3)17-10-12-18(13-11-17)28-5-2/h6-15H,4-5H2,1-3H3/b21-14-. The predicted molar refractivity (Wildman–Crippen MR) is 121 cm³/mol. The van der Waals surface area contributed by atoms with Crippen LogP contribution in [0.4, 0.5) is 5.69 Å². The number of hydrogen-bond donors (Lipinski definition) is 0. The zero-order valence-corrected chi connectivity index (χ0v) is 17.6. The molecular formula is C23H23N3O2S. The first kappa shape index (κ1) is 19.2. The quantitative estimate of drug-likeness (QED) is 0.457. The van der Waals surface area contributed by atoms with Gasteiger partial charge in [-0.25, -0.2) is 0 Å². The predicted octanol–water partition coefficient (Wildman–Crippen LogP) is 4.66. The third-order valence-electron chi connectivity index (χ3n) is 5.12. The van der Waals surface area contributed by atoms with E-state index in [1.165, 1.54) is 0 Å². The van der Waals surface area contributed by atoms with Crippen molar-refractivity contribution < 1.29 is 9.53 Å². The lowest BCUT2D eigenvalue weighted by atomic mass is 10.1. The van der Waals surface area contributed by atoms with Gasteiger partial charge in [0.25, 0.3) is 5.91 Å². The summed E-state index contributed by atoms with van der Waals surface area (Å²) in [6.07, 6.45) is 4.01. The van der Waals surface area contributed by atoms with Crippen LogP contribution in [0.5, 0.6) is 5.75 Å². The van der Waals surface area contributed by atoms with Gasteiger partial charge in [0.05, 0.1) is 12.3 Å². The molecule has 5 nitrogen and oxygen atoms in total. The molecule has 0 atom stereocenters. The number of para-hydroxylation sites is 1. The highest BCUT2D eigenvalue weighted by Gasteiger charge is 2.37. The highest BCUT2D eigenvalue weighted by atomic mass is 32.1. The van der Waals surface area contributed by atoms with Gasteiger partial charge in [0.15, 0.2) is 5.11 Å². The van der Waals surface area contributed by atoms with Crippen molar-refractivity contribution in [3.63, 3.8) is 0 Å². The van der Waals surface area contributed by atoms with Crippen LogP contribution in [0.1, 0.15) is 19.4 Å². The molecule has 1 fully saturated rings. The van der Waals surface area contributed by atoms with Gasteiger partial charge in [-0.05, 0) is 62.5 Å². The van der Waals surface area contributed by atoms with Crippen molar-refractivity contribution in [2.45, 2.75) is 20.4 Å². The number of ether oxygens (including phenoxy) is 1. The molecule has 0 spiro atoms. The van der Waals surface area contributed by atoms with E-state index in [4.69, 9.17) is 17.0 Å². The van der Waals surface area contributed by atoms with E-state index in [2.05, 4.69) is 29.8 Å². The van der Waals surface area contributed by atoms with Gasteiger partial charge >= 0.3 is 0 Å². The number of hydrogen-bond acceptors (Lipinski definition) is 3. The summed E-state index contributed by atoms with van der Waals surface area (Å²) in [5.41, 5.74) is 3.45. The van der Waals surface area contributed by atoms with Crippen molar-refractivity contribution in [1.29, 1.82) is 0 Å². The molecule has 148 valence electrons. The average Bonchev–Trinajstić information content (AvgIpc) is 3.20. The first-order valence-electron chi connectivity index (χ1n) is 9.69. The van der Waals surface area contributed by atoms with Crippen LogP contribution < -0.4 is 9.64 Å². The number of carbonyl (C=O) groups is 1. The number of carbonyl (C=O) groups excluding carboxylic acids is 1. The van der Waals surface area contributed by atoms with Crippen molar-refractivity contribution in [3.8, 4) is 5.75 Å². The lowest BCUT2D eigenvalue weighted by Gasteiger charge is -2.16. The topological polar surface area (TPSA) is 37.7 Å². The minimum atomic E-state index is -0.130. The van der Waals surface area contributed by atoms with Crippen LogP contribution in [-0.4, -0.2) is 34.1 Å². The summed E-state index contributed by atoms with van der Waals surface area (Å²) in [5.74, 6) is 0.639. The monoisotopic (exact) mass is 405 g/mol. The van der Waals surface area contributed by atoms with Crippen LogP contribution in [-0.2, 0) is 11.3 Å². The molecule has 0 unspecified atom stereocenters. The molecule has 3 aromatic rings. The summed E-state index contributed by atoms with van der Waals surface area (Å²) in [7, 11) is 1.83. The number of aryl methyl sites for hydroxylation is 1. The molecule has 1 aliphatic heterocycles. The second-order valence-electron chi connectivity index (χ2n) is 6.83. The second-order valence-corrected chi connectivity index (χ2v) is 7.19. The Morgan fingerprint density at radius 3 is 2.48 bits per heavy atom. The van der Waals surface area contributed by atoms with Gasteiger partial charge in [0, 0.05) is 36.3 Å². The van der Waals surface area contributed by atoms with Crippen molar-refractivity contribution in [1.82, 2.24) is 9.47 Å². The fourth-order valence-electron chi connectivity index (χ4n) is 3.64. The SMILES string of the molecule is CCOc1ccc(N2C(=O)/C(=C/c3cn(CC)c4ccccc34)N(C)C2=S)cc1. The average molecular weight is 406 g/mol. The Morgan fingerprint density at radius 1 is 1.07 bits per heavy atom. The van der Waals surface area contributed by atoms with E-state index < -0.39 is 0 Å². The number of rotatable bonds is 5. The van der Waals surface area contributed by atoms with Crippen LogP contribution >= 0.6 is 12.2 Å². The third kappa shape index (κ3) is 3.29. The zero-order valence-electron chi connectivity index (χ0n) is 16.8. The minimum absolute atomic E-state index is 0.130. The number of fused-ring (bicyclic) bond motifs is 1. The molecule has 1 amide bonds. The summed E-state index contributed by atoms with van der Waals surface area (Å²) in [5, 5.41) is 1.58. The maximum atomic E-state index is 13.2. The first-order chi connectivity index (χ1) is 14.0. The van der Waals surface area contributed by atoms with Crippen molar-refractivity contribution >= 4 is 45.9 Å². The minimum Gasteiger partial charge on any atom is -0.494 e. The van der Waals surface area contributed by atoms with E-state index in [-0.39, 0.29) is 5.91 Å². The lowest BCUT2D eigenvalue weighted by molar-refractivity contribution is -0.114. The number of likely N-dealkylation sites (N-methyl/N-ethyl adjacent to an activating group) is 1.